The van der Waals surface area contributed by atoms with E-state index in [1.165, 1.54) is 52.0 Å². The van der Waals surface area contributed by atoms with Gasteiger partial charge in [-0.1, -0.05) is 42.5 Å². The number of sulfonamides is 1. The van der Waals surface area contributed by atoms with E-state index in [1.54, 1.807) is 0 Å². The Labute approximate surface area is 188 Å². The van der Waals surface area contributed by atoms with Crippen molar-refractivity contribution in [1.82, 2.24) is 4.31 Å². The molecule has 3 aromatic carbocycles. The Bertz CT molecular complexity index is 1330. The van der Waals surface area contributed by atoms with Crippen LogP contribution >= 0.6 is 0 Å². The second-order valence-electron chi connectivity index (χ2n) is 8.76. The average molecular weight is 448 g/mol. The zero-order chi connectivity index (χ0) is 22.5. The lowest BCUT2D eigenvalue weighted by Crippen LogP contribution is -2.42. The van der Waals surface area contributed by atoms with E-state index in [0.29, 0.717) is 30.5 Å². The fraction of sp³-hybridized carbons (Fsp3) is 0.308. The molecule has 1 heterocycles. The van der Waals surface area contributed by atoms with Crippen molar-refractivity contribution in [2.45, 2.75) is 37.5 Å². The summed E-state index contributed by atoms with van der Waals surface area (Å²) in [4.78, 5) is 25.2. The molecule has 1 aliphatic carbocycles. The van der Waals surface area contributed by atoms with Gasteiger partial charge in [0.25, 0.3) is 0 Å². The molecule has 0 N–H and O–H groups in total. The van der Waals surface area contributed by atoms with E-state index < -0.39 is 10.0 Å². The Kier molecular flexibility index (Phi) is 5.22. The maximum absolute atomic E-state index is 13.5. The number of rotatable bonds is 5. The number of benzene rings is 3. The molecule has 0 bridgehead atoms. The van der Waals surface area contributed by atoms with E-state index in [0.717, 1.165) is 18.2 Å². The van der Waals surface area contributed by atoms with Crippen molar-refractivity contribution in [2.75, 3.05) is 13.1 Å². The lowest BCUT2D eigenvalue weighted by Gasteiger charge is -2.31. The Morgan fingerprint density at radius 2 is 1.66 bits per heavy atom. The molecular weight excluding hydrogens is 422 g/mol. The molecule has 0 aromatic heterocycles. The van der Waals surface area contributed by atoms with Crippen LogP contribution in [0, 0.1) is 5.92 Å². The first kappa shape index (κ1) is 21.0. The maximum Gasteiger partial charge on any atom is 0.243 e. The van der Waals surface area contributed by atoms with E-state index in [1.807, 2.05) is 18.2 Å². The van der Waals surface area contributed by atoms with E-state index in [9.17, 15) is 18.0 Å². The van der Waals surface area contributed by atoms with Crippen molar-refractivity contribution >= 4 is 32.4 Å². The van der Waals surface area contributed by atoms with Gasteiger partial charge < -0.3 is 0 Å². The fourth-order valence-corrected chi connectivity index (χ4v) is 6.59. The predicted molar refractivity (Wildman–Crippen MR) is 124 cm³/mol. The molecule has 1 fully saturated rings. The number of hydrogen-bond donors (Lipinski definition) is 0. The molecule has 0 spiro atoms. The van der Waals surface area contributed by atoms with Gasteiger partial charge >= 0.3 is 0 Å². The highest BCUT2D eigenvalue weighted by molar-refractivity contribution is 7.89. The van der Waals surface area contributed by atoms with E-state index in [2.05, 4.69) is 12.1 Å². The summed E-state index contributed by atoms with van der Waals surface area (Å²) in [6.07, 6.45) is 3.32. The van der Waals surface area contributed by atoms with Crippen molar-refractivity contribution in [3.05, 3.63) is 76.9 Å². The molecule has 1 aliphatic heterocycles. The topological polar surface area (TPSA) is 71.5 Å². The van der Waals surface area contributed by atoms with Gasteiger partial charge in [0, 0.05) is 30.1 Å². The Morgan fingerprint density at radius 3 is 2.38 bits per heavy atom. The number of Topliss-reactive ketones (excluding diaryl/α,β-unsaturated/α-hetero) is 2. The molecule has 32 heavy (non-hydrogen) atoms. The van der Waals surface area contributed by atoms with Crippen molar-refractivity contribution < 1.29 is 18.0 Å². The predicted octanol–water partition coefficient (Wildman–Crippen LogP) is 4.42. The summed E-state index contributed by atoms with van der Waals surface area (Å²) in [5, 5.41) is 2.19. The molecule has 3 aromatic rings. The third kappa shape index (κ3) is 3.48. The number of ketones is 2. The quantitative estimate of drug-likeness (QED) is 0.543. The summed E-state index contributed by atoms with van der Waals surface area (Å²) < 4.78 is 27.8. The van der Waals surface area contributed by atoms with Gasteiger partial charge in [-0.2, -0.15) is 4.31 Å². The highest BCUT2D eigenvalue weighted by Gasteiger charge is 2.34. The number of aryl methyl sites for hydroxylation is 2. The van der Waals surface area contributed by atoms with E-state index in [-0.39, 0.29) is 28.9 Å². The van der Waals surface area contributed by atoms with Gasteiger partial charge in [-0.15, -0.1) is 0 Å². The second-order valence-corrected chi connectivity index (χ2v) is 10.7. The normalized spacial score (nSPS) is 18.7. The van der Waals surface area contributed by atoms with E-state index in [4.69, 9.17) is 0 Å². The van der Waals surface area contributed by atoms with Gasteiger partial charge in [0.15, 0.2) is 11.6 Å². The molecule has 1 atom stereocenters. The Hall–Kier alpha value is -2.83. The van der Waals surface area contributed by atoms with Gasteiger partial charge in [-0.3, -0.25) is 9.59 Å². The van der Waals surface area contributed by atoms with Gasteiger partial charge in [0.2, 0.25) is 10.0 Å². The molecular formula is C26H25NO4S. The van der Waals surface area contributed by atoms with Crippen LogP contribution in [0.3, 0.4) is 0 Å². The van der Waals surface area contributed by atoms with Crippen LogP contribution in [-0.2, 0) is 22.9 Å². The highest BCUT2D eigenvalue weighted by atomic mass is 32.2. The SMILES string of the molecule is CC(=O)c1ccc(S(=O)(=O)N2CCCC(C(=O)c3ccc4c5c(cccc35)CC4)C2)cc1. The van der Waals surface area contributed by atoms with Crippen LogP contribution in [-0.4, -0.2) is 37.4 Å². The van der Waals surface area contributed by atoms with Crippen molar-refractivity contribution in [3.63, 3.8) is 0 Å². The fourth-order valence-electron chi connectivity index (χ4n) is 5.07. The molecule has 5 nitrogen and oxygen atoms in total. The monoisotopic (exact) mass is 447 g/mol. The number of nitrogens with zero attached hydrogens (tertiary/aromatic N) is 1. The number of piperidine rings is 1. The largest absolute Gasteiger partial charge is 0.295 e. The molecule has 1 unspecified atom stereocenters. The smallest absolute Gasteiger partial charge is 0.243 e. The van der Waals surface area contributed by atoms with Gasteiger partial charge in [-0.25, -0.2) is 8.42 Å². The Balaban J connectivity index is 1.43. The summed E-state index contributed by atoms with van der Waals surface area (Å²) in [5.41, 5.74) is 3.74. The summed E-state index contributed by atoms with van der Waals surface area (Å²) >= 11 is 0. The molecule has 0 amide bonds. The minimum atomic E-state index is -3.73. The van der Waals surface area contributed by atoms with Crippen LogP contribution < -0.4 is 0 Å². The highest BCUT2D eigenvalue weighted by Crippen LogP contribution is 2.35. The van der Waals surface area contributed by atoms with Crippen LogP contribution in [0.4, 0.5) is 0 Å². The second kappa shape index (κ2) is 7.94. The Morgan fingerprint density at radius 1 is 0.938 bits per heavy atom. The number of carbonyl (C=O) groups is 2. The number of hydrogen-bond acceptors (Lipinski definition) is 4. The summed E-state index contributed by atoms with van der Waals surface area (Å²) in [7, 11) is -3.73. The maximum atomic E-state index is 13.5. The molecule has 0 saturated carbocycles. The molecule has 164 valence electrons. The molecule has 0 radical (unpaired) electrons. The van der Waals surface area contributed by atoms with Crippen molar-refractivity contribution in [1.29, 1.82) is 0 Å². The van der Waals surface area contributed by atoms with Crippen LogP contribution in [0.5, 0.6) is 0 Å². The number of carbonyl (C=O) groups excluding carboxylic acids is 2. The third-order valence-electron chi connectivity index (χ3n) is 6.80. The van der Waals surface area contributed by atoms with Gasteiger partial charge in [0.05, 0.1) is 4.90 Å². The minimum Gasteiger partial charge on any atom is -0.295 e. The first-order valence-corrected chi connectivity index (χ1v) is 12.5. The summed E-state index contributed by atoms with van der Waals surface area (Å²) in [6.45, 7) is 2.02. The minimum absolute atomic E-state index is 0.0208. The van der Waals surface area contributed by atoms with Crippen LogP contribution in [0.15, 0.2) is 59.5 Å². The average Bonchev–Trinajstić information content (AvgIpc) is 3.24. The van der Waals surface area contributed by atoms with Crippen molar-refractivity contribution in [2.24, 2.45) is 5.92 Å². The van der Waals surface area contributed by atoms with Crippen LogP contribution in [0.2, 0.25) is 0 Å². The van der Waals surface area contributed by atoms with Crippen molar-refractivity contribution in [3.8, 4) is 0 Å². The molecule has 5 rings (SSSR count). The molecule has 2 aliphatic rings. The van der Waals surface area contributed by atoms with Crippen LogP contribution in [0.1, 0.15) is 51.6 Å². The zero-order valence-electron chi connectivity index (χ0n) is 18.0. The van der Waals surface area contributed by atoms with Gasteiger partial charge in [-0.05, 0) is 66.6 Å². The first-order valence-electron chi connectivity index (χ1n) is 11.0. The first-order chi connectivity index (χ1) is 15.4. The standard InChI is InChI=1S/C26H25NO4S/c1-17(28)18-9-12-22(13-10-18)32(30,31)27-15-3-5-21(16-27)26(29)24-14-11-20-8-7-19-4-2-6-23(24)25(19)20/h2,4,6,9-14,21H,3,5,7-8,15-16H2,1H3. The third-order valence-corrected chi connectivity index (χ3v) is 8.68. The lowest BCUT2D eigenvalue weighted by molar-refractivity contribution is 0.0873. The molecule has 1 saturated heterocycles. The lowest BCUT2D eigenvalue weighted by atomic mass is 9.88. The zero-order valence-corrected chi connectivity index (χ0v) is 18.8. The summed E-state index contributed by atoms with van der Waals surface area (Å²) in [6, 6.07) is 16.1. The molecule has 6 heteroatoms. The van der Waals surface area contributed by atoms with E-state index >= 15 is 0 Å². The van der Waals surface area contributed by atoms with Gasteiger partial charge in [0.1, 0.15) is 0 Å². The summed E-state index contributed by atoms with van der Waals surface area (Å²) in [5.74, 6) is -0.455. The van der Waals surface area contributed by atoms with Crippen LogP contribution in [0.25, 0.3) is 10.8 Å².